The number of para-hydroxylation sites is 1. The lowest BCUT2D eigenvalue weighted by molar-refractivity contribution is 0.174. The molecule has 0 fully saturated rings. The highest BCUT2D eigenvalue weighted by atomic mass is 32.2. The zero-order chi connectivity index (χ0) is 24.2. The van der Waals surface area contributed by atoms with E-state index in [1.807, 2.05) is 56.3 Å². The van der Waals surface area contributed by atoms with Crippen LogP contribution in [0.25, 0.3) is 16.6 Å². The maximum absolute atomic E-state index is 13.5. The molecule has 1 N–H and O–H groups in total. The van der Waals surface area contributed by atoms with Gasteiger partial charge in [0.05, 0.1) is 10.4 Å². The van der Waals surface area contributed by atoms with E-state index in [0.717, 1.165) is 22.1 Å². The lowest BCUT2D eigenvalue weighted by atomic mass is 10.1. The Bertz CT molecular complexity index is 1730. The largest absolute Gasteiger partial charge is 0.454 e. The second-order valence-corrected chi connectivity index (χ2v) is 10.3. The highest BCUT2D eigenvalue weighted by Gasteiger charge is 2.27. The van der Waals surface area contributed by atoms with Gasteiger partial charge < -0.3 is 14.8 Å². The topological polar surface area (TPSA) is 108 Å². The van der Waals surface area contributed by atoms with Crippen LogP contribution in [0.1, 0.15) is 16.7 Å². The van der Waals surface area contributed by atoms with E-state index in [2.05, 4.69) is 20.6 Å². The minimum atomic E-state index is -3.94. The molecular formula is C25H21N5O4S. The molecule has 176 valence electrons. The van der Waals surface area contributed by atoms with Gasteiger partial charge in [0.2, 0.25) is 21.7 Å². The molecule has 6 rings (SSSR count). The van der Waals surface area contributed by atoms with E-state index in [1.165, 1.54) is 4.52 Å². The number of ether oxygens (including phenoxy) is 2. The monoisotopic (exact) mass is 487 g/mol. The van der Waals surface area contributed by atoms with Crippen LogP contribution in [0.5, 0.6) is 11.5 Å². The molecule has 10 heteroatoms. The zero-order valence-electron chi connectivity index (χ0n) is 19.0. The average Bonchev–Trinajstić information content (AvgIpc) is 3.51. The summed E-state index contributed by atoms with van der Waals surface area (Å²) in [5.74, 6) is 1.94. The Labute approximate surface area is 201 Å². The standard InChI is InChI=1S/C25H21N5O4S/c1-15-7-9-18(11-16(15)2)35(31,32)25-24-27-23(19-5-3-4-6-20(19)30(24)29-28-25)26-13-17-8-10-21-22(12-17)34-14-33-21/h3-12H,13-14H2,1-2H3,(H,26,27). The maximum atomic E-state index is 13.5. The van der Waals surface area contributed by atoms with Crippen molar-refractivity contribution in [3.63, 3.8) is 0 Å². The minimum Gasteiger partial charge on any atom is -0.454 e. The fourth-order valence-electron chi connectivity index (χ4n) is 4.08. The van der Waals surface area contributed by atoms with E-state index in [-0.39, 0.29) is 22.4 Å². The van der Waals surface area contributed by atoms with Crippen molar-refractivity contribution in [1.82, 2.24) is 19.8 Å². The molecule has 0 unspecified atom stereocenters. The number of rotatable bonds is 5. The Kier molecular flexibility index (Phi) is 4.85. The molecule has 1 aliphatic heterocycles. The summed E-state index contributed by atoms with van der Waals surface area (Å²) in [5, 5.41) is 12.1. The lowest BCUT2D eigenvalue weighted by Gasteiger charge is -2.11. The molecule has 0 radical (unpaired) electrons. The fourth-order valence-corrected chi connectivity index (χ4v) is 5.40. The number of benzene rings is 3. The molecule has 3 heterocycles. The van der Waals surface area contributed by atoms with Crippen LogP contribution >= 0.6 is 0 Å². The summed E-state index contributed by atoms with van der Waals surface area (Å²) in [6.07, 6.45) is 0. The smallest absolute Gasteiger partial charge is 0.231 e. The summed E-state index contributed by atoms with van der Waals surface area (Å²) < 4.78 is 39.3. The van der Waals surface area contributed by atoms with Crippen LogP contribution in [0.15, 0.2) is 70.6 Å². The Morgan fingerprint density at radius 1 is 0.971 bits per heavy atom. The number of aryl methyl sites for hydroxylation is 2. The van der Waals surface area contributed by atoms with Crippen molar-refractivity contribution in [1.29, 1.82) is 0 Å². The molecule has 1 aliphatic rings. The first-order valence-electron chi connectivity index (χ1n) is 11.0. The van der Waals surface area contributed by atoms with Gasteiger partial charge in [-0.25, -0.2) is 13.4 Å². The van der Waals surface area contributed by atoms with Crippen LogP contribution in [0, 0.1) is 13.8 Å². The summed E-state index contributed by atoms with van der Waals surface area (Å²) in [6.45, 7) is 4.47. The molecule has 0 saturated heterocycles. The van der Waals surface area contributed by atoms with E-state index in [9.17, 15) is 8.42 Å². The second kappa shape index (κ2) is 7.95. The highest BCUT2D eigenvalue weighted by Crippen LogP contribution is 2.33. The van der Waals surface area contributed by atoms with Gasteiger partial charge in [0.1, 0.15) is 5.82 Å². The summed E-state index contributed by atoms with van der Waals surface area (Å²) in [5.41, 5.74) is 3.72. The number of nitrogens with zero attached hydrogens (tertiary/aromatic N) is 4. The lowest BCUT2D eigenvalue weighted by Crippen LogP contribution is -2.07. The maximum Gasteiger partial charge on any atom is 0.231 e. The third-order valence-corrected chi connectivity index (χ3v) is 7.81. The van der Waals surface area contributed by atoms with Gasteiger partial charge in [-0.1, -0.05) is 29.5 Å². The van der Waals surface area contributed by atoms with Crippen molar-refractivity contribution < 1.29 is 17.9 Å². The summed E-state index contributed by atoms with van der Waals surface area (Å²) >= 11 is 0. The predicted molar refractivity (Wildman–Crippen MR) is 130 cm³/mol. The number of sulfone groups is 1. The first-order chi connectivity index (χ1) is 16.9. The summed E-state index contributed by atoms with van der Waals surface area (Å²) in [6, 6.07) is 18.3. The molecule has 9 nitrogen and oxygen atoms in total. The van der Waals surface area contributed by atoms with Crippen molar-refractivity contribution in [2.45, 2.75) is 30.3 Å². The van der Waals surface area contributed by atoms with Crippen LogP contribution in [0.2, 0.25) is 0 Å². The number of hydrogen-bond acceptors (Lipinski definition) is 8. The first-order valence-corrected chi connectivity index (χ1v) is 12.5. The van der Waals surface area contributed by atoms with Crippen LogP contribution < -0.4 is 14.8 Å². The Balaban J connectivity index is 1.45. The van der Waals surface area contributed by atoms with Gasteiger partial charge in [-0.3, -0.25) is 0 Å². The molecule has 0 amide bonds. The van der Waals surface area contributed by atoms with Crippen LogP contribution in [0.3, 0.4) is 0 Å². The van der Waals surface area contributed by atoms with E-state index in [1.54, 1.807) is 18.2 Å². The van der Waals surface area contributed by atoms with Gasteiger partial charge in [-0.15, -0.1) is 5.10 Å². The molecule has 3 aromatic carbocycles. The number of anilines is 1. The minimum absolute atomic E-state index is 0.160. The van der Waals surface area contributed by atoms with Crippen molar-refractivity contribution in [2.24, 2.45) is 0 Å². The molecule has 35 heavy (non-hydrogen) atoms. The van der Waals surface area contributed by atoms with Gasteiger partial charge >= 0.3 is 0 Å². The van der Waals surface area contributed by atoms with Gasteiger partial charge in [-0.05, 0) is 66.9 Å². The van der Waals surface area contributed by atoms with Gasteiger partial charge in [-0.2, -0.15) is 4.52 Å². The number of aromatic nitrogens is 4. The van der Waals surface area contributed by atoms with Gasteiger partial charge in [0.15, 0.2) is 17.1 Å². The Morgan fingerprint density at radius 2 is 1.80 bits per heavy atom. The third kappa shape index (κ3) is 3.53. The van der Waals surface area contributed by atoms with Crippen LogP contribution in [-0.2, 0) is 16.4 Å². The van der Waals surface area contributed by atoms with Crippen LogP contribution in [0.4, 0.5) is 5.82 Å². The van der Waals surface area contributed by atoms with Crippen molar-refractivity contribution in [2.75, 3.05) is 12.1 Å². The van der Waals surface area contributed by atoms with E-state index >= 15 is 0 Å². The third-order valence-electron chi connectivity index (χ3n) is 6.16. The summed E-state index contributed by atoms with van der Waals surface area (Å²) in [4.78, 5) is 4.83. The quantitative estimate of drug-likeness (QED) is 0.395. The molecular weight excluding hydrogens is 466 g/mol. The highest BCUT2D eigenvalue weighted by molar-refractivity contribution is 7.91. The van der Waals surface area contributed by atoms with E-state index in [0.29, 0.717) is 29.4 Å². The number of fused-ring (bicyclic) bond motifs is 4. The Hall–Kier alpha value is -4.18. The van der Waals surface area contributed by atoms with E-state index < -0.39 is 9.84 Å². The second-order valence-electron chi connectivity index (χ2n) is 8.40. The average molecular weight is 488 g/mol. The molecule has 0 spiro atoms. The van der Waals surface area contributed by atoms with Crippen molar-refractivity contribution >= 4 is 32.2 Å². The molecule has 2 aromatic heterocycles. The zero-order valence-corrected chi connectivity index (χ0v) is 19.8. The Morgan fingerprint density at radius 3 is 2.66 bits per heavy atom. The summed E-state index contributed by atoms with van der Waals surface area (Å²) in [7, 11) is -3.94. The van der Waals surface area contributed by atoms with Crippen LogP contribution in [-0.4, -0.2) is 35.0 Å². The molecule has 0 aliphatic carbocycles. The predicted octanol–water partition coefficient (Wildman–Crippen LogP) is 4.07. The normalized spacial score (nSPS) is 13.0. The fraction of sp³-hybridized carbons (Fsp3) is 0.160. The number of nitrogens with one attached hydrogen (secondary N) is 1. The van der Waals surface area contributed by atoms with Gasteiger partial charge in [0.25, 0.3) is 0 Å². The molecule has 0 bridgehead atoms. The molecule has 0 saturated carbocycles. The van der Waals surface area contributed by atoms with E-state index in [4.69, 9.17) is 9.47 Å². The number of hydrogen-bond donors (Lipinski definition) is 1. The molecule has 0 atom stereocenters. The first kappa shape index (κ1) is 21.4. The van der Waals surface area contributed by atoms with Gasteiger partial charge in [0, 0.05) is 11.9 Å². The molecule has 5 aromatic rings. The van der Waals surface area contributed by atoms with Crippen molar-refractivity contribution in [3.05, 3.63) is 77.4 Å². The van der Waals surface area contributed by atoms with Crippen molar-refractivity contribution in [3.8, 4) is 11.5 Å². The SMILES string of the molecule is Cc1ccc(S(=O)(=O)c2nnn3c2nc(NCc2ccc4c(c2)OCO4)c2ccccc23)cc1C.